The molecule has 0 bridgehead atoms. The highest BCUT2D eigenvalue weighted by Crippen LogP contribution is 2.21. The van der Waals surface area contributed by atoms with Gasteiger partial charge < -0.3 is 10.2 Å². The Morgan fingerprint density at radius 1 is 1.30 bits per heavy atom. The fourth-order valence-electron chi connectivity index (χ4n) is 2.55. The minimum absolute atomic E-state index is 0.0253. The lowest BCUT2D eigenvalue weighted by molar-refractivity contribution is 0.0925. The van der Waals surface area contributed by atoms with Crippen LogP contribution < -0.4 is 5.32 Å². The summed E-state index contributed by atoms with van der Waals surface area (Å²) in [6.45, 7) is 5.30. The first kappa shape index (κ1) is 16.0. The Labute approximate surface area is 137 Å². The summed E-state index contributed by atoms with van der Waals surface area (Å²) in [6, 6.07) is 5.80. The third-order valence-electron chi connectivity index (χ3n) is 3.53. The van der Waals surface area contributed by atoms with Crippen LogP contribution in [0.1, 0.15) is 36.5 Å². The van der Waals surface area contributed by atoms with Gasteiger partial charge in [-0.05, 0) is 67.0 Å². The second kappa shape index (κ2) is 7.57. The van der Waals surface area contributed by atoms with Gasteiger partial charge in [-0.3, -0.25) is 4.79 Å². The first-order valence-electron chi connectivity index (χ1n) is 7.04. The molecule has 1 N–H and O–H groups in total. The summed E-state index contributed by atoms with van der Waals surface area (Å²) >= 11 is 6.83. The summed E-state index contributed by atoms with van der Waals surface area (Å²) < 4.78 is 1.73. The molecule has 1 atom stereocenters. The van der Waals surface area contributed by atoms with E-state index in [9.17, 15) is 4.79 Å². The molecule has 5 heteroatoms. The van der Waals surface area contributed by atoms with Gasteiger partial charge in [-0.2, -0.15) is 0 Å². The number of nitrogens with zero attached hydrogens (tertiary/aromatic N) is 1. The van der Waals surface area contributed by atoms with Crippen LogP contribution in [0.2, 0.25) is 0 Å². The molecular formula is C15H20Br2N2O. The van der Waals surface area contributed by atoms with Crippen LogP contribution in [0.3, 0.4) is 0 Å². The number of nitrogens with one attached hydrogen (secondary N) is 1. The van der Waals surface area contributed by atoms with E-state index in [1.807, 2.05) is 18.2 Å². The van der Waals surface area contributed by atoms with Crippen molar-refractivity contribution in [2.45, 2.75) is 32.2 Å². The number of likely N-dealkylation sites (tertiary alicyclic amines) is 1. The number of halogens is 2. The first-order valence-corrected chi connectivity index (χ1v) is 8.63. The molecular weight excluding hydrogens is 384 g/mol. The normalized spacial score (nSPS) is 17.8. The van der Waals surface area contributed by atoms with E-state index in [2.05, 4.69) is 49.0 Å². The SMILES string of the molecule is CC(CN1CCCCC1)NC(=O)c1cc(Br)ccc1Br. The number of carbonyl (C=O) groups excluding carboxylic acids is 1. The van der Waals surface area contributed by atoms with Crippen LogP contribution in [-0.2, 0) is 0 Å². The van der Waals surface area contributed by atoms with E-state index in [1.54, 1.807) is 0 Å². The zero-order valence-corrected chi connectivity index (χ0v) is 14.8. The van der Waals surface area contributed by atoms with Gasteiger partial charge in [0.15, 0.2) is 0 Å². The standard InChI is InChI=1S/C15H20Br2N2O/c1-11(10-19-7-3-2-4-8-19)18-15(20)13-9-12(16)5-6-14(13)17/h5-6,9,11H,2-4,7-8,10H2,1H3,(H,18,20). The van der Waals surface area contributed by atoms with Crippen LogP contribution >= 0.6 is 31.9 Å². The summed E-state index contributed by atoms with van der Waals surface area (Å²) in [7, 11) is 0. The lowest BCUT2D eigenvalue weighted by Crippen LogP contribution is -2.43. The van der Waals surface area contributed by atoms with Crippen molar-refractivity contribution in [3.8, 4) is 0 Å². The molecule has 0 saturated carbocycles. The Hall–Kier alpha value is -0.390. The lowest BCUT2D eigenvalue weighted by Gasteiger charge is -2.29. The molecule has 2 rings (SSSR count). The maximum absolute atomic E-state index is 12.3. The van der Waals surface area contributed by atoms with Crippen LogP contribution in [-0.4, -0.2) is 36.5 Å². The van der Waals surface area contributed by atoms with Crippen LogP contribution in [0, 0.1) is 0 Å². The quantitative estimate of drug-likeness (QED) is 0.828. The van der Waals surface area contributed by atoms with Crippen molar-refractivity contribution in [2.75, 3.05) is 19.6 Å². The third kappa shape index (κ3) is 4.57. The van der Waals surface area contributed by atoms with Crippen molar-refractivity contribution < 1.29 is 4.79 Å². The molecule has 0 aromatic heterocycles. The van der Waals surface area contributed by atoms with Crippen molar-refractivity contribution in [2.24, 2.45) is 0 Å². The lowest BCUT2D eigenvalue weighted by atomic mass is 10.1. The number of hydrogen-bond donors (Lipinski definition) is 1. The zero-order valence-electron chi connectivity index (χ0n) is 11.7. The first-order chi connectivity index (χ1) is 9.56. The third-order valence-corrected chi connectivity index (χ3v) is 4.72. The number of benzene rings is 1. The molecule has 0 spiro atoms. The molecule has 0 aliphatic carbocycles. The smallest absolute Gasteiger partial charge is 0.252 e. The van der Waals surface area contributed by atoms with E-state index in [0.29, 0.717) is 5.56 Å². The minimum Gasteiger partial charge on any atom is -0.348 e. The Kier molecular flexibility index (Phi) is 6.05. The zero-order chi connectivity index (χ0) is 14.5. The summed E-state index contributed by atoms with van der Waals surface area (Å²) in [6.07, 6.45) is 3.89. The number of hydrogen-bond acceptors (Lipinski definition) is 2. The van der Waals surface area contributed by atoms with Crippen molar-refractivity contribution in [3.63, 3.8) is 0 Å². The van der Waals surface area contributed by atoms with E-state index in [1.165, 1.54) is 19.3 Å². The predicted octanol–water partition coefficient (Wildman–Crippen LogP) is 3.82. The second-order valence-electron chi connectivity index (χ2n) is 5.36. The number of amides is 1. The topological polar surface area (TPSA) is 32.3 Å². The van der Waals surface area contributed by atoms with Crippen molar-refractivity contribution in [3.05, 3.63) is 32.7 Å². The monoisotopic (exact) mass is 402 g/mol. The maximum atomic E-state index is 12.3. The fraction of sp³-hybridized carbons (Fsp3) is 0.533. The van der Waals surface area contributed by atoms with Gasteiger partial charge in [-0.15, -0.1) is 0 Å². The molecule has 1 saturated heterocycles. The molecule has 1 aliphatic heterocycles. The Morgan fingerprint density at radius 2 is 2.00 bits per heavy atom. The van der Waals surface area contributed by atoms with Crippen molar-refractivity contribution in [1.82, 2.24) is 10.2 Å². The molecule has 20 heavy (non-hydrogen) atoms. The van der Waals surface area contributed by atoms with Gasteiger partial charge >= 0.3 is 0 Å². The average molecular weight is 404 g/mol. The molecule has 1 aliphatic rings. The number of piperidine rings is 1. The number of rotatable bonds is 4. The van der Waals surface area contributed by atoms with Crippen LogP contribution in [0.25, 0.3) is 0 Å². The van der Waals surface area contributed by atoms with Crippen LogP contribution in [0.4, 0.5) is 0 Å². The Morgan fingerprint density at radius 3 is 2.70 bits per heavy atom. The molecule has 1 heterocycles. The van der Waals surface area contributed by atoms with Crippen molar-refractivity contribution >= 4 is 37.8 Å². The molecule has 3 nitrogen and oxygen atoms in total. The molecule has 1 unspecified atom stereocenters. The second-order valence-corrected chi connectivity index (χ2v) is 7.13. The van der Waals surface area contributed by atoms with E-state index in [0.717, 1.165) is 28.6 Å². The van der Waals surface area contributed by atoms with Crippen LogP contribution in [0.5, 0.6) is 0 Å². The summed E-state index contributed by atoms with van der Waals surface area (Å²) in [5, 5.41) is 3.08. The summed E-state index contributed by atoms with van der Waals surface area (Å²) in [4.78, 5) is 14.7. The predicted molar refractivity (Wildman–Crippen MR) is 89.1 cm³/mol. The van der Waals surface area contributed by atoms with E-state index < -0.39 is 0 Å². The molecule has 1 amide bonds. The highest BCUT2D eigenvalue weighted by Gasteiger charge is 2.17. The Bertz CT molecular complexity index is 473. The van der Waals surface area contributed by atoms with Crippen LogP contribution in [0.15, 0.2) is 27.1 Å². The largest absolute Gasteiger partial charge is 0.348 e. The van der Waals surface area contributed by atoms with E-state index >= 15 is 0 Å². The van der Waals surface area contributed by atoms with Gasteiger partial charge in [0.2, 0.25) is 0 Å². The summed E-state index contributed by atoms with van der Waals surface area (Å²) in [5.74, 6) is -0.0253. The molecule has 0 radical (unpaired) electrons. The fourth-order valence-corrected chi connectivity index (χ4v) is 3.34. The van der Waals surface area contributed by atoms with Gasteiger partial charge in [-0.25, -0.2) is 0 Å². The number of carbonyl (C=O) groups is 1. The highest BCUT2D eigenvalue weighted by atomic mass is 79.9. The van der Waals surface area contributed by atoms with E-state index in [-0.39, 0.29) is 11.9 Å². The van der Waals surface area contributed by atoms with E-state index in [4.69, 9.17) is 0 Å². The maximum Gasteiger partial charge on any atom is 0.252 e. The summed E-state index contributed by atoms with van der Waals surface area (Å²) in [5.41, 5.74) is 0.671. The van der Waals surface area contributed by atoms with Crippen molar-refractivity contribution in [1.29, 1.82) is 0 Å². The average Bonchev–Trinajstić information content (AvgIpc) is 2.42. The molecule has 1 aromatic rings. The van der Waals surface area contributed by atoms with Gasteiger partial charge in [-0.1, -0.05) is 22.4 Å². The molecule has 110 valence electrons. The van der Waals surface area contributed by atoms with Gasteiger partial charge in [0, 0.05) is 21.5 Å². The Balaban J connectivity index is 1.91. The van der Waals surface area contributed by atoms with Gasteiger partial charge in [0.1, 0.15) is 0 Å². The van der Waals surface area contributed by atoms with Gasteiger partial charge in [0.05, 0.1) is 5.56 Å². The molecule has 1 fully saturated rings. The molecule has 1 aromatic carbocycles. The minimum atomic E-state index is -0.0253. The highest BCUT2D eigenvalue weighted by molar-refractivity contribution is 9.11. The van der Waals surface area contributed by atoms with Gasteiger partial charge in [0.25, 0.3) is 5.91 Å².